The molecule has 0 fully saturated rings. The molecular weight excluding hydrogens is 623 g/mol. The number of hydrogen-bond acceptors (Lipinski definition) is 6. The van der Waals surface area contributed by atoms with Crippen LogP contribution in [0, 0.1) is 0 Å². The Hall–Kier alpha value is -4.05. The van der Waals surface area contributed by atoms with Crippen molar-refractivity contribution in [2.45, 2.75) is 117 Å². The molecular formula is C38H55N5O4S. The number of amides is 2. The minimum Gasteiger partial charge on any atom is -0.354 e. The third-order valence-electron chi connectivity index (χ3n) is 8.26. The van der Waals surface area contributed by atoms with Gasteiger partial charge in [-0.1, -0.05) is 86.3 Å². The van der Waals surface area contributed by atoms with Gasteiger partial charge in [0.05, 0.1) is 27.6 Å². The second kappa shape index (κ2) is 17.4. The van der Waals surface area contributed by atoms with E-state index in [2.05, 4.69) is 41.6 Å². The molecule has 3 aromatic carbocycles. The highest BCUT2D eigenvalue weighted by Gasteiger charge is 2.27. The lowest BCUT2D eigenvalue weighted by atomic mass is 9.89. The Bertz CT molecular complexity index is 1620. The zero-order chi connectivity index (χ0) is 35.6. The van der Waals surface area contributed by atoms with E-state index in [4.69, 9.17) is 0 Å². The Morgan fingerprint density at radius 3 is 1.88 bits per heavy atom. The first-order chi connectivity index (χ1) is 22.6. The third-order valence-corrected chi connectivity index (χ3v) is 9.77. The molecule has 9 nitrogen and oxygen atoms in total. The highest BCUT2D eigenvalue weighted by molar-refractivity contribution is 7.92. The molecule has 0 heterocycles. The molecule has 0 saturated carbocycles. The van der Waals surface area contributed by atoms with Gasteiger partial charge in [0.2, 0.25) is 11.8 Å². The van der Waals surface area contributed by atoms with Crippen LogP contribution in [0.5, 0.6) is 0 Å². The summed E-state index contributed by atoms with van der Waals surface area (Å²) in [7, 11) is -2.23. The minimum atomic E-state index is -3.99. The monoisotopic (exact) mass is 677 g/mol. The van der Waals surface area contributed by atoms with Crippen molar-refractivity contribution in [2.24, 2.45) is 0 Å². The van der Waals surface area contributed by atoms with E-state index in [0.29, 0.717) is 28.4 Å². The molecule has 262 valence electrons. The van der Waals surface area contributed by atoms with E-state index in [0.717, 1.165) is 60.2 Å². The van der Waals surface area contributed by atoms with Crippen molar-refractivity contribution in [3.05, 3.63) is 71.3 Å². The Kier molecular flexibility index (Phi) is 13.9. The van der Waals surface area contributed by atoms with Gasteiger partial charge < -0.3 is 10.6 Å². The number of benzene rings is 3. The van der Waals surface area contributed by atoms with Crippen molar-refractivity contribution in [2.75, 3.05) is 27.4 Å². The van der Waals surface area contributed by atoms with Crippen molar-refractivity contribution in [1.82, 2.24) is 5.43 Å². The van der Waals surface area contributed by atoms with E-state index >= 15 is 0 Å². The number of nitrogens with one attached hydrogen (secondary N) is 4. The average Bonchev–Trinajstić information content (AvgIpc) is 3.01. The molecule has 3 rings (SSSR count). The van der Waals surface area contributed by atoms with Crippen LogP contribution in [0.1, 0.15) is 128 Å². The fraction of sp³-hybridized carbons (Fsp3) is 0.474. The van der Waals surface area contributed by atoms with Gasteiger partial charge in [-0.15, -0.1) is 0 Å². The molecule has 10 heteroatoms. The molecule has 0 saturated heterocycles. The van der Waals surface area contributed by atoms with Gasteiger partial charge in [-0.05, 0) is 83.3 Å². The van der Waals surface area contributed by atoms with Gasteiger partial charge >= 0.3 is 0 Å². The van der Waals surface area contributed by atoms with Crippen molar-refractivity contribution >= 4 is 50.3 Å². The lowest BCUT2D eigenvalue weighted by Gasteiger charge is -2.23. The van der Waals surface area contributed by atoms with Crippen molar-refractivity contribution in [3.63, 3.8) is 0 Å². The first kappa shape index (κ1) is 38.4. The number of unbranched alkanes of at least 4 members (excludes halogenated alkanes) is 4. The first-order valence-electron chi connectivity index (χ1n) is 17.1. The van der Waals surface area contributed by atoms with Gasteiger partial charge in [-0.2, -0.15) is 0 Å². The maximum atomic E-state index is 14.2. The maximum absolute atomic E-state index is 14.2. The predicted octanol–water partition coefficient (Wildman–Crippen LogP) is 9.39. The van der Waals surface area contributed by atoms with Crippen LogP contribution in [0.3, 0.4) is 0 Å². The molecule has 0 unspecified atom stereocenters. The topological polar surface area (TPSA) is 120 Å². The molecule has 0 aromatic heterocycles. The van der Waals surface area contributed by atoms with Crippen LogP contribution in [-0.4, -0.2) is 27.3 Å². The van der Waals surface area contributed by atoms with Crippen LogP contribution in [0.25, 0.3) is 0 Å². The average molecular weight is 678 g/mol. The molecule has 0 radical (unpaired) electrons. The van der Waals surface area contributed by atoms with Gasteiger partial charge in [0, 0.05) is 26.1 Å². The Morgan fingerprint density at radius 1 is 0.750 bits per heavy atom. The number of carbonyl (C=O) groups excluding carboxylic acids is 2. The van der Waals surface area contributed by atoms with Crippen LogP contribution in [0.15, 0.2) is 59.5 Å². The quantitative estimate of drug-likeness (QED) is 0.0835. The van der Waals surface area contributed by atoms with Crippen LogP contribution in [-0.2, 0) is 19.6 Å². The van der Waals surface area contributed by atoms with Gasteiger partial charge in [0.25, 0.3) is 10.0 Å². The standard InChI is InChI=1S/C38H55N5O4S/c1-10-11-12-13-14-15-37(45)40-36-24-31(18-21-35(36)39-30-16-19-32(20-17-30)43(9)41-28(8)44)42-48(46,47)38-33(26(4)5)22-29(25(2)3)23-34(38)27(6)7/h16-27,39,42H,10-15H2,1-9H3,(H,40,45)(H,41,44). The van der Waals surface area contributed by atoms with Crippen molar-refractivity contribution in [1.29, 1.82) is 0 Å². The van der Waals surface area contributed by atoms with Crippen molar-refractivity contribution in [3.8, 4) is 0 Å². The molecule has 0 aliphatic heterocycles. The predicted molar refractivity (Wildman–Crippen MR) is 200 cm³/mol. The van der Waals surface area contributed by atoms with Crippen LogP contribution in [0.2, 0.25) is 0 Å². The highest BCUT2D eigenvalue weighted by Crippen LogP contribution is 2.37. The van der Waals surface area contributed by atoms with Gasteiger partial charge in [-0.25, -0.2) is 8.42 Å². The van der Waals surface area contributed by atoms with E-state index in [9.17, 15) is 18.0 Å². The van der Waals surface area contributed by atoms with Gasteiger partial charge in [0.1, 0.15) is 0 Å². The summed E-state index contributed by atoms with van der Waals surface area (Å²) in [4.78, 5) is 24.9. The minimum absolute atomic E-state index is 0.00376. The van der Waals surface area contributed by atoms with Crippen molar-refractivity contribution < 1.29 is 18.0 Å². The summed E-state index contributed by atoms with van der Waals surface area (Å²) in [5, 5.41) is 8.01. The molecule has 0 aliphatic rings. The number of carbonyl (C=O) groups is 2. The maximum Gasteiger partial charge on any atom is 0.262 e. The summed E-state index contributed by atoms with van der Waals surface area (Å²) >= 11 is 0. The fourth-order valence-corrected chi connectivity index (χ4v) is 7.30. The molecule has 0 bridgehead atoms. The Balaban J connectivity index is 1.98. The Morgan fingerprint density at radius 2 is 1.33 bits per heavy atom. The Labute approximate surface area is 288 Å². The summed E-state index contributed by atoms with van der Waals surface area (Å²) in [5.74, 6) is -0.0475. The number of hydrogen-bond donors (Lipinski definition) is 4. The molecule has 3 aromatic rings. The smallest absolute Gasteiger partial charge is 0.262 e. The molecule has 0 spiro atoms. The van der Waals surface area contributed by atoms with E-state index in [-0.39, 0.29) is 29.6 Å². The molecule has 48 heavy (non-hydrogen) atoms. The SMILES string of the molecule is CCCCCCCC(=O)Nc1cc(NS(=O)(=O)c2c(C(C)C)cc(C(C)C)cc2C(C)C)ccc1Nc1ccc(N(C)NC(C)=O)cc1. The van der Waals surface area contributed by atoms with E-state index < -0.39 is 10.0 Å². The first-order valence-corrected chi connectivity index (χ1v) is 18.6. The molecule has 2 amide bonds. The lowest BCUT2D eigenvalue weighted by molar-refractivity contribution is -0.119. The summed E-state index contributed by atoms with van der Waals surface area (Å²) in [5.41, 5.74) is 8.41. The van der Waals surface area contributed by atoms with E-state index in [1.54, 1.807) is 30.3 Å². The summed E-state index contributed by atoms with van der Waals surface area (Å²) in [6, 6.07) is 16.6. The van der Waals surface area contributed by atoms with Gasteiger partial charge in [-0.3, -0.25) is 24.7 Å². The fourth-order valence-electron chi connectivity index (χ4n) is 5.55. The second-order valence-electron chi connectivity index (χ2n) is 13.5. The van der Waals surface area contributed by atoms with Crippen LogP contribution in [0.4, 0.5) is 28.4 Å². The number of nitrogens with zero attached hydrogens (tertiary/aromatic N) is 1. The molecule has 0 aliphatic carbocycles. The summed E-state index contributed by atoms with van der Waals surface area (Å²) in [6.07, 6.45) is 5.52. The lowest BCUT2D eigenvalue weighted by Crippen LogP contribution is -2.37. The van der Waals surface area contributed by atoms with E-state index in [1.807, 2.05) is 64.1 Å². The highest BCUT2D eigenvalue weighted by atomic mass is 32.2. The third kappa shape index (κ3) is 10.7. The number of hydrazine groups is 1. The van der Waals surface area contributed by atoms with Gasteiger partial charge in [0.15, 0.2) is 0 Å². The normalized spacial score (nSPS) is 11.6. The summed E-state index contributed by atoms with van der Waals surface area (Å²) < 4.78 is 31.2. The number of anilines is 5. The number of sulfonamides is 1. The largest absolute Gasteiger partial charge is 0.354 e. The zero-order valence-corrected chi connectivity index (χ0v) is 31.0. The number of rotatable bonds is 17. The van der Waals surface area contributed by atoms with Crippen LogP contribution >= 0.6 is 0 Å². The zero-order valence-electron chi connectivity index (χ0n) is 30.2. The summed E-state index contributed by atoms with van der Waals surface area (Å²) in [6.45, 7) is 15.9. The van der Waals surface area contributed by atoms with Crippen LogP contribution < -0.4 is 25.8 Å². The molecule has 4 N–H and O–H groups in total. The second-order valence-corrected chi connectivity index (χ2v) is 15.1. The molecule has 0 atom stereocenters. The van der Waals surface area contributed by atoms with E-state index in [1.165, 1.54) is 6.92 Å².